The molecule has 0 aliphatic rings. The van der Waals surface area contributed by atoms with Gasteiger partial charge in [0, 0.05) is 12.2 Å². The van der Waals surface area contributed by atoms with Crippen LogP contribution in [0.15, 0.2) is 24.5 Å². The van der Waals surface area contributed by atoms with Crippen LogP contribution in [0.4, 0.5) is 0 Å². The Morgan fingerprint density at radius 1 is 1.46 bits per heavy atom. The maximum Gasteiger partial charge on any atom is 0.0998 e. The van der Waals surface area contributed by atoms with Gasteiger partial charge in [-0.2, -0.15) is 0 Å². The van der Waals surface area contributed by atoms with Crippen LogP contribution in [0, 0.1) is 6.92 Å². The van der Waals surface area contributed by atoms with Crippen molar-refractivity contribution in [2.75, 3.05) is 7.05 Å². The average molecular weight is 175 g/mol. The fourth-order valence-electron chi connectivity index (χ4n) is 1.53. The largest absolute Gasteiger partial charge is 0.314 e. The number of imidazole rings is 1. The minimum atomic E-state index is 0.868. The van der Waals surface area contributed by atoms with Crippen LogP contribution < -0.4 is 5.32 Å². The Morgan fingerprint density at radius 2 is 2.31 bits per heavy atom. The molecule has 0 fully saturated rings. The van der Waals surface area contributed by atoms with Crippen molar-refractivity contribution in [2.45, 2.75) is 13.5 Å². The summed E-state index contributed by atoms with van der Waals surface area (Å²) in [6.07, 6.45) is 1.87. The Labute approximate surface area is 77.4 Å². The van der Waals surface area contributed by atoms with Crippen molar-refractivity contribution in [3.63, 3.8) is 0 Å². The van der Waals surface area contributed by atoms with Crippen LogP contribution >= 0.6 is 0 Å². The van der Waals surface area contributed by atoms with Gasteiger partial charge in [0.2, 0.25) is 0 Å². The highest BCUT2D eigenvalue weighted by atomic mass is 15.0. The Kier molecular flexibility index (Phi) is 2.02. The van der Waals surface area contributed by atoms with Gasteiger partial charge < -0.3 is 9.72 Å². The Morgan fingerprint density at radius 3 is 3.08 bits per heavy atom. The molecule has 1 N–H and O–H groups in total. The van der Waals surface area contributed by atoms with Crippen molar-refractivity contribution in [2.24, 2.45) is 0 Å². The van der Waals surface area contributed by atoms with Gasteiger partial charge in [0.15, 0.2) is 0 Å². The highest BCUT2D eigenvalue weighted by molar-refractivity contribution is 5.52. The zero-order chi connectivity index (χ0) is 9.26. The van der Waals surface area contributed by atoms with Crippen LogP contribution in [0.1, 0.15) is 11.4 Å². The summed E-state index contributed by atoms with van der Waals surface area (Å²) in [4.78, 5) is 4.27. The van der Waals surface area contributed by atoms with Gasteiger partial charge in [0.05, 0.1) is 17.5 Å². The first-order chi connectivity index (χ1) is 6.33. The van der Waals surface area contributed by atoms with E-state index in [1.165, 1.54) is 11.2 Å². The number of aryl methyl sites for hydroxylation is 1. The monoisotopic (exact) mass is 175 g/mol. The van der Waals surface area contributed by atoms with E-state index in [-0.39, 0.29) is 0 Å². The summed E-state index contributed by atoms with van der Waals surface area (Å²) >= 11 is 0. The van der Waals surface area contributed by atoms with Gasteiger partial charge in [0.1, 0.15) is 0 Å². The summed E-state index contributed by atoms with van der Waals surface area (Å²) in [6.45, 7) is 2.89. The third kappa shape index (κ3) is 1.31. The van der Waals surface area contributed by atoms with E-state index in [0.717, 1.165) is 12.2 Å². The molecule has 0 atom stereocenters. The van der Waals surface area contributed by atoms with Gasteiger partial charge in [-0.25, -0.2) is 4.98 Å². The summed E-state index contributed by atoms with van der Waals surface area (Å²) in [7, 11) is 1.95. The molecule has 0 radical (unpaired) electrons. The Hall–Kier alpha value is -1.35. The minimum Gasteiger partial charge on any atom is -0.314 e. The molecule has 13 heavy (non-hydrogen) atoms. The first kappa shape index (κ1) is 8.26. The summed E-state index contributed by atoms with van der Waals surface area (Å²) in [6, 6.07) is 6.25. The van der Waals surface area contributed by atoms with Crippen LogP contribution in [0.2, 0.25) is 0 Å². The summed E-state index contributed by atoms with van der Waals surface area (Å²) in [5.74, 6) is 0. The number of nitrogens with zero attached hydrogens (tertiary/aromatic N) is 2. The molecule has 0 aliphatic carbocycles. The summed E-state index contributed by atoms with van der Waals surface area (Å²) in [5, 5.41) is 3.14. The van der Waals surface area contributed by atoms with E-state index in [2.05, 4.69) is 32.9 Å². The van der Waals surface area contributed by atoms with Crippen molar-refractivity contribution in [1.82, 2.24) is 14.7 Å². The van der Waals surface area contributed by atoms with Crippen LogP contribution in [-0.2, 0) is 6.54 Å². The quantitative estimate of drug-likeness (QED) is 0.746. The second-order valence-corrected chi connectivity index (χ2v) is 3.13. The lowest BCUT2D eigenvalue weighted by Crippen LogP contribution is -2.08. The lowest BCUT2D eigenvalue weighted by atomic mass is 10.3. The van der Waals surface area contributed by atoms with Crippen molar-refractivity contribution in [1.29, 1.82) is 0 Å². The topological polar surface area (TPSA) is 29.3 Å². The van der Waals surface area contributed by atoms with Crippen LogP contribution in [0.5, 0.6) is 0 Å². The van der Waals surface area contributed by atoms with E-state index in [1.54, 1.807) is 0 Å². The molecule has 0 amide bonds. The molecule has 0 unspecified atom stereocenters. The molecule has 0 bridgehead atoms. The predicted molar refractivity (Wildman–Crippen MR) is 52.7 cm³/mol. The molecule has 2 aromatic heterocycles. The minimum absolute atomic E-state index is 0.868. The molecule has 2 heterocycles. The van der Waals surface area contributed by atoms with E-state index < -0.39 is 0 Å². The van der Waals surface area contributed by atoms with Gasteiger partial charge >= 0.3 is 0 Å². The van der Waals surface area contributed by atoms with E-state index >= 15 is 0 Å². The van der Waals surface area contributed by atoms with Crippen molar-refractivity contribution >= 4 is 5.52 Å². The molecule has 0 aliphatic heterocycles. The zero-order valence-electron chi connectivity index (χ0n) is 7.91. The molecule has 2 aromatic rings. The lowest BCUT2D eigenvalue weighted by Gasteiger charge is -2.03. The SMILES string of the molecule is CNCc1cccc2c(C)ncn12. The highest BCUT2D eigenvalue weighted by Gasteiger charge is 2.01. The van der Waals surface area contributed by atoms with Gasteiger partial charge in [-0.05, 0) is 26.1 Å². The molecule has 3 nitrogen and oxygen atoms in total. The number of rotatable bonds is 2. The molecule has 0 spiro atoms. The van der Waals surface area contributed by atoms with Crippen molar-refractivity contribution in [3.05, 3.63) is 35.9 Å². The van der Waals surface area contributed by atoms with Crippen molar-refractivity contribution in [3.8, 4) is 0 Å². The predicted octanol–water partition coefficient (Wildman–Crippen LogP) is 1.36. The normalized spacial score (nSPS) is 10.9. The van der Waals surface area contributed by atoms with E-state index in [1.807, 2.05) is 20.3 Å². The fourth-order valence-corrected chi connectivity index (χ4v) is 1.53. The van der Waals surface area contributed by atoms with Crippen LogP contribution in [0.3, 0.4) is 0 Å². The fraction of sp³-hybridized carbons (Fsp3) is 0.300. The number of fused-ring (bicyclic) bond motifs is 1. The third-order valence-electron chi connectivity index (χ3n) is 2.21. The summed E-state index contributed by atoms with van der Waals surface area (Å²) in [5.41, 5.74) is 3.51. The zero-order valence-corrected chi connectivity index (χ0v) is 7.91. The second kappa shape index (κ2) is 3.18. The van der Waals surface area contributed by atoms with Gasteiger partial charge in [-0.3, -0.25) is 0 Å². The number of nitrogens with one attached hydrogen (secondary N) is 1. The first-order valence-corrected chi connectivity index (χ1v) is 4.39. The number of hydrogen-bond donors (Lipinski definition) is 1. The van der Waals surface area contributed by atoms with Gasteiger partial charge in [-0.1, -0.05) is 6.07 Å². The maximum absolute atomic E-state index is 4.27. The van der Waals surface area contributed by atoms with Crippen LogP contribution in [-0.4, -0.2) is 16.4 Å². The number of aromatic nitrogens is 2. The molecule has 68 valence electrons. The standard InChI is InChI=1S/C10H13N3/c1-8-10-5-3-4-9(6-11-2)13(10)7-12-8/h3-5,7,11H,6H2,1-2H3. The smallest absolute Gasteiger partial charge is 0.0998 e. The molecule has 2 rings (SSSR count). The Balaban J connectivity index is 2.63. The van der Waals surface area contributed by atoms with E-state index in [0.29, 0.717) is 0 Å². The number of pyridine rings is 1. The maximum atomic E-state index is 4.27. The van der Waals surface area contributed by atoms with Gasteiger partial charge in [0.25, 0.3) is 0 Å². The molecule has 0 saturated carbocycles. The molecule has 0 aromatic carbocycles. The van der Waals surface area contributed by atoms with E-state index in [4.69, 9.17) is 0 Å². The van der Waals surface area contributed by atoms with Crippen LogP contribution in [0.25, 0.3) is 5.52 Å². The molecule has 3 heteroatoms. The Bertz CT molecular complexity index is 417. The third-order valence-corrected chi connectivity index (χ3v) is 2.21. The molecular weight excluding hydrogens is 162 g/mol. The molecule has 0 saturated heterocycles. The lowest BCUT2D eigenvalue weighted by molar-refractivity contribution is 0.776. The highest BCUT2D eigenvalue weighted by Crippen LogP contribution is 2.10. The van der Waals surface area contributed by atoms with Gasteiger partial charge in [-0.15, -0.1) is 0 Å². The average Bonchev–Trinajstić information content (AvgIpc) is 2.50. The van der Waals surface area contributed by atoms with Crippen molar-refractivity contribution < 1.29 is 0 Å². The summed E-state index contributed by atoms with van der Waals surface area (Å²) < 4.78 is 2.12. The first-order valence-electron chi connectivity index (χ1n) is 4.39. The number of hydrogen-bond acceptors (Lipinski definition) is 2. The van der Waals surface area contributed by atoms with E-state index in [9.17, 15) is 0 Å². The molecular formula is C10H13N3. The second-order valence-electron chi connectivity index (χ2n) is 3.13.